The number of nitrogens with two attached hydrogens (primary N) is 1. The molecule has 0 aliphatic carbocycles. The molecule has 0 saturated heterocycles. The number of carbonyl (C=O) groups is 1. The number of esters is 1. The number of ether oxygens (including phenoxy) is 1. The number of hydrogen-bond acceptors (Lipinski definition) is 4. The first kappa shape index (κ1) is 15.1. The van der Waals surface area contributed by atoms with Crippen LogP contribution in [-0.2, 0) is 16.0 Å². The zero-order valence-electron chi connectivity index (χ0n) is 11.0. The van der Waals surface area contributed by atoms with Crippen LogP contribution in [0.15, 0.2) is 29.4 Å². The average molecular weight is 279 g/mol. The summed E-state index contributed by atoms with van der Waals surface area (Å²) in [6, 6.07) is 7.79. The summed E-state index contributed by atoms with van der Waals surface area (Å²) >= 11 is 4.67. The van der Waals surface area contributed by atoms with E-state index in [4.69, 9.17) is 5.73 Å². The van der Waals surface area contributed by atoms with Crippen molar-refractivity contribution in [3.8, 4) is 0 Å². The van der Waals surface area contributed by atoms with E-state index in [1.165, 1.54) is 7.11 Å². The number of rotatable bonds is 5. The zero-order valence-corrected chi connectivity index (χ0v) is 11.8. The summed E-state index contributed by atoms with van der Waals surface area (Å²) in [4.78, 5) is 11.0. The molecular formula is C13H17N3O2S. The van der Waals surface area contributed by atoms with Gasteiger partial charge in [-0.15, -0.1) is 0 Å². The maximum absolute atomic E-state index is 11.0. The zero-order chi connectivity index (χ0) is 14.3. The van der Waals surface area contributed by atoms with E-state index in [0.717, 1.165) is 16.8 Å². The van der Waals surface area contributed by atoms with Crippen molar-refractivity contribution in [2.24, 2.45) is 10.8 Å². The molecule has 3 N–H and O–H groups in total. The standard InChI is InChI=1S/C13H17N3O2S/c1-9(15-16-13(14)19)11-6-3-10(4-7-11)5-8-12(17)18-2/h3-4,6-7H,5,8H2,1-2H3,(H3,14,16,19)/b15-9+. The SMILES string of the molecule is COC(=O)CCc1ccc(/C(C)=N/NC(N)=S)cc1. The van der Waals surface area contributed by atoms with Crippen LogP contribution in [0.2, 0.25) is 0 Å². The van der Waals surface area contributed by atoms with E-state index < -0.39 is 0 Å². The Morgan fingerprint density at radius 1 is 1.42 bits per heavy atom. The van der Waals surface area contributed by atoms with Crippen LogP contribution in [0.4, 0.5) is 0 Å². The maximum atomic E-state index is 11.0. The van der Waals surface area contributed by atoms with E-state index in [0.29, 0.717) is 12.8 Å². The van der Waals surface area contributed by atoms with Crippen LogP contribution < -0.4 is 11.2 Å². The third-order valence-corrected chi connectivity index (χ3v) is 2.64. The number of thiocarbonyl (C=S) groups is 1. The van der Waals surface area contributed by atoms with Crippen molar-refractivity contribution in [2.75, 3.05) is 7.11 Å². The van der Waals surface area contributed by atoms with E-state index >= 15 is 0 Å². The monoisotopic (exact) mass is 279 g/mol. The molecule has 0 saturated carbocycles. The fraction of sp³-hybridized carbons (Fsp3) is 0.308. The molecule has 0 atom stereocenters. The predicted molar refractivity (Wildman–Crippen MR) is 78.9 cm³/mol. The fourth-order valence-corrected chi connectivity index (χ4v) is 1.51. The van der Waals surface area contributed by atoms with Crippen LogP contribution in [0.3, 0.4) is 0 Å². The molecule has 0 unspecified atom stereocenters. The van der Waals surface area contributed by atoms with Crippen molar-refractivity contribution in [3.05, 3.63) is 35.4 Å². The molecule has 0 bridgehead atoms. The van der Waals surface area contributed by atoms with E-state index in [-0.39, 0.29) is 11.1 Å². The molecule has 1 aromatic rings. The minimum absolute atomic E-state index is 0.133. The second-order valence-electron chi connectivity index (χ2n) is 3.95. The molecular weight excluding hydrogens is 262 g/mol. The van der Waals surface area contributed by atoms with Crippen LogP contribution in [0.25, 0.3) is 0 Å². The number of nitrogens with one attached hydrogen (secondary N) is 1. The van der Waals surface area contributed by atoms with Crippen molar-refractivity contribution in [1.29, 1.82) is 0 Å². The second kappa shape index (κ2) is 7.48. The number of benzene rings is 1. The fourth-order valence-electron chi connectivity index (χ4n) is 1.46. The van der Waals surface area contributed by atoms with Gasteiger partial charge < -0.3 is 10.5 Å². The smallest absolute Gasteiger partial charge is 0.305 e. The topological polar surface area (TPSA) is 76.7 Å². The highest BCUT2D eigenvalue weighted by Gasteiger charge is 2.02. The Labute approximate surface area is 117 Å². The maximum Gasteiger partial charge on any atom is 0.305 e. The lowest BCUT2D eigenvalue weighted by Crippen LogP contribution is -2.25. The van der Waals surface area contributed by atoms with Gasteiger partial charge in [-0.2, -0.15) is 5.10 Å². The molecule has 5 nitrogen and oxygen atoms in total. The molecule has 0 aromatic heterocycles. The van der Waals surface area contributed by atoms with E-state index in [1.807, 2.05) is 31.2 Å². The quantitative estimate of drug-likeness (QED) is 0.368. The minimum Gasteiger partial charge on any atom is -0.469 e. The Morgan fingerprint density at radius 3 is 2.58 bits per heavy atom. The number of carbonyl (C=O) groups excluding carboxylic acids is 1. The van der Waals surface area contributed by atoms with Crippen LogP contribution >= 0.6 is 12.2 Å². The Balaban J connectivity index is 2.63. The van der Waals surface area contributed by atoms with Gasteiger partial charge in [0, 0.05) is 6.42 Å². The lowest BCUT2D eigenvalue weighted by atomic mass is 10.1. The molecule has 1 aromatic carbocycles. The Morgan fingerprint density at radius 2 is 2.05 bits per heavy atom. The molecule has 0 spiro atoms. The van der Waals surface area contributed by atoms with Gasteiger partial charge in [0.2, 0.25) is 0 Å². The third kappa shape index (κ3) is 5.48. The first-order valence-corrected chi connectivity index (χ1v) is 6.19. The summed E-state index contributed by atoms with van der Waals surface area (Å²) < 4.78 is 4.60. The molecule has 19 heavy (non-hydrogen) atoms. The number of aryl methyl sites for hydroxylation is 1. The Hall–Kier alpha value is -1.95. The van der Waals surface area contributed by atoms with E-state index in [9.17, 15) is 4.79 Å². The largest absolute Gasteiger partial charge is 0.469 e. The van der Waals surface area contributed by atoms with Gasteiger partial charge in [0.05, 0.1) is 12.8 Å². The Kier molecular flexibility index (Phi) is 5.95. The highest BCUT2D eigenvalue weighted by atomic mass is 32.1. The molecule has 102 valence electrons. The minimum atomic E-state index is -0.206. The molecule has 0 aliphatic rings. The average Bonchev–Trinajstić information content (AvgIpc) is 2.42. The number of methoxy groups -OCH3 is 1. The van der Waals surface area contributed by atoms with Gasteiger partial charge in [0.1, 0.15) is 0 Å². The van der Waals surface area contributed by atoms with Crippen molar-refractivity contribution in [1.82, 2.24) is 5.43 Å². The number of hydrazone groups is 1. The summed E-state index contributed by atoms with van der Waals surface area (Å²) in [6.45, 7) is 1.86. The van der Waals surface area contributed by atoms with Crippen LogP contribution in [0, 0.1) is 0 Å². The molecule has 0 amide bonds. The van der Waals surface area contributed by atoms with Crippen molar-refractivity contribution < 1.29 is 9.53 Å². The molecule has 0 radical (unpaired) electrons. The number of nitrogens with zero attached hydrogens (tertiary/aromatic N) is 1. The van der Waals surface area contributed by atoms with Crippen molar-refractivity contribution in [3.63, 3.8) is 0 Å². The lowest BCUT2D eigenvalue weighted by Gasteiger charge is -2.04. The highest BCUT2D eigenvalue weighted by molar-refractivity contribution is 7.80. The van der Waals surface area contributed by atoms with Gasteiger partial charge in [-0.1, -0.05) is 24.3 Å². The van der Waals surface area contributed by atoms with Gasteiger partial charge in [0.25, 0.3) is 0 Å². The summed E-state index contributed by atoms with van der Waals surface area (Å²) in [6.07, 6.45) is 1.04. The lowest BCUT2D eigenvalue weighted by molar-refractivity contribution is -0.140. The third-order valence-electron chi connectivity index (χ3n) is 2.55. The summed E-state index contributed by atoms with van der Waals surface area (Å²) in [5.41, 5.74) is 10.7. The van der Waals surface area contributed by atoms with Gasteiger partial charge in [-0.25, -0.2) is 0 Å². The van der Waals surface area contributed by atoms with Crippen molar-refractivity contribution >= 4 is 29.0 Å². The number of hydrogen-bond donors (Lipinski definition) is 2. The predicted octanol–water partition coefficient (Wildman–Crippen LogP) is 1.35. The van der Waals surface area contributed by atoms with Gasteiger partial charge in [-0.3, -0.25) is 10.2 Å². The van der Waals surface area contributed by atoms with Gasteiger partial charge in [0.15, 0.2) is 5.11 Å². The highest BCUT2D eigenvalue weighted by Crippen LogP contribution is 2.08. The van der Waals surface area contributed by atoms with E-state index in [1.54, 1.807) is 0 Å². The van der Waals surface area contributed by atoms with E-state index in [2.05, 4.69) is 27.5 Å². The summed E-state index contributed by atoms with van der Waals surface area (Å²) in [7, 11) is 1.39. The normalized spacial score (nSPS) is 10.9. The molecule has 0 heterocycles. The first-order chi connectivity index (χ1) is 9.02. The molecule has 6 heteroatoms. The van der Waals surface area contributed by atoms with Gasteiger partial charge >= 0.3 is 5.97 Å². The van der Waals surface area contributed by atoms with Crippen molar-refractivity contribution in [2.45, 2.75) is 19.8 Å². The van der Waals surface area contributed by atoms with Crippen LogP contribution in [-0.4, -0.2) is 23.9 Å². The van der Waals surface area contributed by atoms with Gasteiger partial charge in [-0.05, 0) is 36.7 Å². The Bertz CT molecular complexity index is 483. The summed E-state index contributed by atoms with van der Waals surface area (Å²) in [5, 5.41) is 4.17. The second-order valence-corrected chi connectivity index (χ2v) is 4.39. The first-order valence-electron chi connectivity index (χ1n) is 5.78. The molecule has 0 aliphatic heterocycles. The summed E-state index contributed by atoms with van der Waals surface area (Å²) in [5.74, 6) is -0.206. The van der Waals surface area contributed by atoms with Crippen LogP contribution in [0.1, 0.15) is 24.5 Å². The molecule has 0 fully saturated rings. The van der Waals surface area contributed by atoms with Crippen LogP contribution in [0.5, 0.6) is 0 Å². The molecule has 1 rings (SSSR count).